The van der Waals surface area contributed by atoms with Crippen LogP contribution in [-0.4, -0.2) is 28.8 Å². The molecule has 0 bridgehead atoms. The molecule has 0 fully saturated rings. The molecule has 5 N–H and O–H groups in total. The van der Waals surface area contributed by atoms with Gasteiger partial charge in [-0.05, 0) is 32.8 Å². The molecule has 0 aromatic heterocycles. The molecule has 1 unspecified atom stereocenters. The van der Waals surface area contributed by atoms with Crippen molar-refractivity contribution in [3.05, 3.63) is 35.9 Å². The van der Waals surface area contributed by atoms with E-state index in [1.807, 2.05) is 30.3 Å². The van der Waals surface area contributed by atoms with E-state index >= 15 is 0 Å². The number of benzene rings is 1. The minimum atomic E-state index is -0.959. The summed E-state index contributed by atoms with van der Waals surface area (Å²) >= 11 is 0. The van der Waals surface area contributed by atoms with Gasteiger partial charge in [0.2, 0.25) is 0 Å². The van der Waals surface area contributed by atoms with Crippen LogP contribution in [0.25, 0.3) is 0 Å². The second kappa shape index (κ2) is 8.16. The van der Waals surface area contributed by atoms with Crippen molar-refractivity contribution < 1.29 is 19.4 Å². The fourth-order valence-corrected chi connectivity index (χ4v) is 1.26. The fourth-order valence-electron chi connectivity index (χ4n) is 1.26. The van der Waals surface area contributed by atoms with Crippen molar-refractivity contribution in [1.82, 2.24) is 0 Å². The second-order valence-corrected chi connectivity index (χ2v) is 5.17. The van der Waals surface area contributed by atoms with E-state index in [9.17, 15) is 9.59 Å². The summed E-state index contributed by atoms with van der Waals surface area (Å²) in [4.78, 5) is 20.4. The molecule has 0 radical (unpaired) electrons. The lowest BCUT2D eigenvalue weighted by molar-refractivity contribution is -0.138. The maximum atomic E-state index is 10.4. The predicted octanol–water partition coefficient (Wildman–Crippen LogP) is 1.52. The zero-order chi connectivity index (χ0) is 15.8. The summed E-state index contributed by atoms with van der Waals surface area (Å²) in [6, 6.07) is 8.54. The van der Waals surface area contributed by atoms with Gasteiger partial charge < -0.3 is 21.3 Å². The highest BCUT2D eigenvalue weighted by atomic mass is 16.6. The van der Waals surface area contributed by atoms with Crippen LogP contribution in [0.5, 0.6) is 0 Å². The van der Waals surface area contributed by atoms with Gasteiger partial charge in [0.05, 0.1) is 0 Å². The summed E-state index contributed by atoms with van der Waals surface area (Å²) in [5.74, 6) is -0.959. The van der Waals surface area contributed by atoms with Crippen LogP contribution in [0, 0.1) is 0 Å². The van der Waals surface area contributed by atoms with Crippen LogP contribution in [0.4, 0.5) is 4.79 Å². The molecule has 0 heterocycles. The summed E-state index contributed by atoms with van der Waals surface area (Å²) in [5, 5.41) is 8.52. The van der Waals surface area contributed by atoms with Gasteiger partial charge in [0, 0.05) is 0 Å². The van der Waals surface area contributed by atoms with Gasteiger partial charge in [0.25, 0.3) is 0 Å². The molecule has 1 atom stereocenters. The van der Waals surface area contributed by atoms with Crippen molar-refractivity contribution in [2.75, 3.05) is 0 Å². The summed E-state index contributed by atoms with van der Waals surface area (Å²) < 4.78 is 4.58. The first kappa shape index (κ1) is 17.9. The van der Waals surface area contributed by atoms with E-state index in [0.717, 1.165) is 5.56 Å². The zero-order valence-electron chi connectivity index (χ0n) is 12.0. The standard InChI is InChI=1S/C9H11NO2.C5H11NO2/c10-8(9(11)12)6-7-4-2-1-3-5-7;1-5(2,3)8-4(6)7/h1-5,8H,6,10H2,(H,11,12);1-3H3,(H2,6,7). The van der Waals surface area contributed by atoms with E-state index < -0.39 is 23.7 Å². The van der Waals surface area contributed by atoms with Gasteiger partial charge in [0.15, 0.2) is 0 Å². The highest BCUT2D eigenvalue weighted by Crippen LogP contribution is 2.04. The summed E-state index contributed by atoms with van der Waals surface area (Å²) in [6.07, 6.45) is -0.339. The number of hydrogen-bond acceptors (Lipinski definition) is 4. The molecule has 0 aliphatic rings. The molecule has 0 aliphatic carbocycles. The highest BCUT2D eigenvalue weighted by Gasteiger charge is 2.12. The van der Waals surface area contributed by atoms with Crippen molar-refractivity contribution in [1.29, 1.82) is 0 Å². The van der Waals surface area contributed by atoms with E-state index in [4.69, 9.17) is 16.6 Å². The Morgan fingerprint density at radius 2 is 1.75 bits per heavy atom. The number of nitrogens with two attached hydrogens (primary N) is 2. The van der Waals surface area contributed by atoms with Gasteiger partial charge in [0.1, 0.15) is 11.6 Å². The van der Waals surface area contributed by atoms with Crippen LogP contribution >= 0.6 is 0 Å². The Hall–Kier alpha value is -2.08. The Balaban J connectivity index is 0.000000396. The van der Waals surface area contributed by atoms with Gasteiger partial charge in [-0.15, -0.1) is 0 Å². The van der Waals surface area contributed by atoms with Crippen molar-refractivity contribution in [2.24, 2.45) is 11.5 Å². The average Bonchev–Trinajstić information content (AvgIpc) is 2.27. The van der Waals surface area contributed by atoms with E-state index in [1.165, 1.54) is 0 Å². The third-order valence-electron chi connectivity index (χ3n) is 2.02. The number of amides is 1. The maximum absolute atomic E-state index is 10.4. The molecule has 20 heavy (non-hydrogen) atoms. The smallest absolute Gasteiger partial charge is 0.405 e. The normalized spacial score (nSPS) is 11.8. The summed E-state index contributed by atoms with van der Waals surface area (Å²) in [7, 11) is 0. The largest absolute Gasteiger partial charge is 0.480 e. The number of aliphatic carboxylic acids is 1. The number of carbonyl (C=O) groups excluding carboxylic acids is 1. The van der Waals surface area contributed by atoms with Gasteiger partial charge in [-0.25, -0.2) is 4.79 Å². The second-order valence-electron chi connectivity index (χ2n) is 5.17. The summed E-state index contributed by atoms with van der Waals surface area (Å²) in [5.41, 5.74) is 10.6. The first-order valence-corrected chi connectivity index (χ1v) is 6.12. The fraction of sp³-hybridized carbons (Fsp3) is 0.429. The number of rotatable bonds is 3. The van der Waals surface area contributed by atoms with Crippen LogP contribution in [0.15, 0.2) is 30.3 Å². The van der Waals surface area contributed by atoms with Crippen LogP contribution in [0.1, 0.15) is 26.3 Å². The first-order valence-electron chi connectivity index (χ1n) is 6.12. The molecule has 1 amide bonds. The van der Waals surface area contributed by atoms with Crippen molar-refractivity contribution >= 4 is 12.1 Å². The Morgan fingerprint density at radius 1 is 1.25 bits per heavy atom. The minimum Gasteiger partial charge on any atom is -0.480 e. The van der Waals surface area contributed by atoms with Gasteiger partial charge in [-0.2, -0.15) is 0 Å². The van der Waals surface area contributed by atoms with Gasteiger partial charge >= 0.3 is 12.1 Å². The minimum absolute atomic E-state index is 0.385. The molecule has 1 aromatic carbocycles. The van der Waals surface area contributed by atoms with Crippen LogP contribution < -0.4 is 11.5 Å². The molecule has 112 valence electrons. The zero-order valence-corrected chi connectivity index (χ0v) is 12.0. The van der Waals surface area contributed by atoms with Crippen LogP contribution in [0.2, 0.25) is 0 Å². The van der Waals surface area contributed by atoms with Crippen molar-refractivity contribution in [3.8, 4) is 0 Å². The SMILES string of the molecule is CC(C)(C)OC(N)=O.NC(Cc1ccccc1)C(=O)O. The molecule has 1 rings (SSSR count). The van der Waals surface area contributed by atoms with E-state index in [1.54, 1.807) is 20.8 Å². The van der Waals surface area contributed by atoms with Crippen LogP contribution in [0.3, 0.4) is 0 Å². The Morgan fingerprint density at radius 3 is 2.05 bits per heavy atom. The lowest BCUT2D eigenvalue weighted by atomic mass is 10.1. The number of hydrogen-bond donors (Lipinski definition) is 3. The third kappa shape index (κ3) is 9.90. The number of ether oxygens (including phenoxy) is 1. The third-order valence-corrected chi connectivity index (χ3v) is 2.02. The quantitative estimate of drug-likeness (QED) is 0.777. The van der Waals surface area contributed by atoms with Crippen LogP contribution in [-0.2, 0) is 16.0 Å². The van der Waals surface area contributed by atoms with E-state index in [-0.39, 0.29) is 0 Å². The number of carboxylic acids is 1. The molecule has 0 spiro atoms. The predicted molar refractivity (Wildman–Crippen MR) is 76.2 cm³/mol. The van der Waals surface area contributed by atoms with Crippen molar-refractivity contribution in [2.45, 2.75) is 38.8 Å². The first-order chi connectivity index (χ1) is 9.11. The Bertz CT molecular complexity index is 427. The Kier molecular flexibility index (Phi) is 7.31. The molecule has 1 aromatic rings. The number of primary amides is 1. The van der Waals surface area contributed by atoms with Gasteiger partial charge in [-0.3, -0.25) is 4.79 Å². The Labute approximate surface area is 118 Å². The molecule has 0 saturated carbocycles. The number of carboxylic acid groups (broad SMARTS) is 1. The lowest BCUT2D eigenvalue weighted by Crippen LogP contribution is -2.32. The van der Waals surface area contributed by atoms with Gasteiger partial charge in [-0.1, -0.05) is 30.3 Å². The van der Waals surface area contributed by atoms with E-state index in [0.29, 0.717) is 6.42 Å². The topological polar surface area (TPSA) is 116 Å². The average molecular weight is 282 g/mol. The molecular formula is C14H22N2O4. The summed E-state index contributed by atoms with van der Waals surface area (Å²) in [6.45, 7) is 5.28. The molecule has 6 nitrogen and oxygen atoms in total. The molecule has 6 heteroatoms. The lowest BCUT2D eigenvalue weighted by Gasteiger charge is -2.16. The number of carbonyl (C=O) groups is 2. The monoisotopic (exact) mass is 282 g/mol. The van der Waals surface area contributed by atoms with E-state index in [2.05, 4.69) is 4.74 Å². The molecule has 0 saturated heterocycles. The maximum Gasteiger partial charge on any atom is 0.405 e. The highest BCUT2D eigenvalue weighted by molar-refractivity contribution is 5.73. The van der Waals surface area contributed by atoms with Crippen molar-refractivity contribution in [3.63, 3.8) is 0 Å². The molecular weight excluding hydrogens is 260 g/mol. The molecule has 0 aliphatic heterocycles.